The summed E-state index contributed by atoms with van der Waals surface area (Å²) in [6.07, 6.45) is 5.15. The lowest BCUT2D eigenvalue weighted by molar-refractivity contribution is 0.251. The molecule has 6 nitrogen and oxygen atoms in total. The molecule has 0 fully saturated rings. The number of rotatable bonds is 5. The third-order valence-electron chi connectivity index (χ3n) is 3.66. The molecule has 0 saturated heterocycles. The molecule has 0 aliphatic carbocycles. The van der Waals surface area contributed by atoms with Gasteiger partial charge in [0.05, 0.1) is 18.5 Å². The van der Waals surface area contributed by atoms with Crippen LogP contribution in [0.25, 0.3) is 11.3 Å². The van der Waals surface area contributed by atoms with Crippen molar-refractivity contribution in [2.75, 3.05) is 12.4 Å². The normalized spacial score (nSPS) is 10.2. The summed E-state index contributed by atoms with van der Waals surface area (Å²) in [7, 11) is 1.53. The number of nitrogens with one attached hydrogen (secondary N) is 2. The fourth-order valence-electron chi connectivity index (χ4n) is 2.39. The smallest absolute Gasteiger partial charge is 0.319 e. The van der Waals surface area contributed by atoms with Crippen molar-refractivity contribution >= 4 is 23.3 Å². The topological polar surface area (TPSA) is 76.1 Å². The molecule has 0 aliphatic rings. The molecule has 132 valence electrons. The molecule has 0 bridgehead atoms. The molecule has 0 radical (unpaired) electrons. The van der Waals surface area contributed by atoms with Gasteiger partial charge in [-0.05, 0) is 48.0 Å². The van der Waals surface area contributed by atoms with Crippen LogP contribution in [0.1, 0.15) is 5.56 Å². The number of nitrogens with zero attached hydrogens (tertiary/aromatic N) is 2. The number of hydrogen-bond donors (Lipinski definition) is 2. The minimum absolute atomic E-state index is 0.354. The van der Waals surface area contributed by atoms with E-state index in [1.54, 1.807) is 36.8 Å². The van der Waals surface area contributed by atoms with Gasteiger partial charge in [-0.25, -0.2) is 4.79 Å². The molecule has 1 aromatic carbocycles. The number of hydrogen-bond acceptors (Lipinski definition) is 4. The number of carbonyl (C=O) groups is 1. The van der Waals surface area contributed by atoms with Gasteiger partial charge in [-0.15, -0.1) is 0 Å². The monoisotopic (exact) mass is 368 g/mol. The van der Waals surface area contributed by atoms with Crippen LogP contribution < -0.4 is 15.4 Å². The number of anilines is 1. The summed E-state index contributed by atoms with van der Waals surface area (Å²) in [6.45, 7) is 0.356. The average Bonchev–Trinajstić information content (AvgIpc) is 2.67. The average molecular weight is 369 g/mol. The van der Waals surface area contributed by atoms with Gasteiger partial charge in [0, 0.05) is 35.7 Å². The largest absolute Gasteiger partial charge is 0.495 e. The molecule has 26 heavy (non-hydrogen) atoms. The van der Waals surface area contributed by atoms with Gasteiger partial charge in [0.25, 0.3) is 0 Å². The molecule has 2 aromatic heterocycles. The van der Waals surface area contributed by atoms with Crippen LogP contribution in [0.15, 0.2) is 61.1 Å². The summed E-state index contributed by atoms with van der Waals surface area (Å²) in [5.74, 6) is 0.536. The van der Waals surface area contributed by atoms with Crippen molar-refractivity contribution in [2.45, 2.75) is 6.54 Å². The van der Waals surface area contributed by atoms with E-state index < -0.39 is 0 Å². The van der Waals surface area contributed by atoms with E-state index in [2.05, 4.69) is 20.6 Å². The van der Waals surface area contributed by atoms with Gasteiger partial charge < -0.3 is 15.4 Å². The first-order chi connectivity index (χ1) is 12.7. The Kier molecular flexibility index (Phi) is 5.66. The highest BCUT2D eigenvalue weighted by atomic mass is 35.5. The second-order valence-electron chi connectivity index (χ2n) is 5.44. The van der Waals surface area contributed by atoms with E-state index in [1.807, 2.05) is 24.3 Å². The predicted octanol–water partition coefficient (Wildman–Crippen LogP) is 4.13. The van der Waals surface area contributed by atoms with Crippen LogP contribution in [0.2, 0.25) is 5.02 Å². The molecular formula is C19H17ClN4O2. The summed E-state index contributed by atoms with van der Waals surface area (Å²) >= 11 is 5.97. The van der Waals surface area contributed by atoms with Crippen LogP contribution in [0, 0.1) is 0 Å². The second-order valence-corrected chi connectivity index (χ2v) is 5.87. The Balaban J connectivity index is 1.64. The zero-order valence-electron chi connectivity index (χ0n) is 14.1. The number of amides is 2. The Morgan fingerprint density at radius 2 is 1.92 bits per heavy atom. The van der Waals surface area contributed by atoms with Crippen molar-refractivity contribution in [1.29, 1.82) is 0 Å². The molecule has 0 spiro atoms. The van der Waals surface area contributed by atoms with E-state index in [0.717, 1.165) is 16.8 Å². The van der Waals surface area contributed by atoms with Crippen molar-refractivity contribution in [1.82, 2.24) is 15.3 Å². The van der Waals surface area contributed by atoms with Gasteiger partial charge in [0.15, 0.2) is 0 Å². The van der Waals surface area contributed by atoms with Gasteiger partial charge in [-0.3, -0.25) is 9.97 Å². The Morgan fingerprint density at radius 3 is 2.69 bits per heavy atom. The molecule has 2 N–H and O–H groups in total. The van der Waals surface area contributed by atoms with Gasteiger partial charge in [-0.1, -0.05) is 11.6 Å². The van der Waals surface area contributed by atoms with Crippen LogP contribution in [-0.2, 0) is 6.54 Å². The summed E-state index contributed by atoms with van der Waals surface area (Å²) in [6, 6.07) is 12.2. The first-order valence-electron chi connectivity index (χ1n) is 7.89. The first-order valence-corrected chi connectivity index (χ1v) is 8.27. The minimum Gasteiger partial charge on any atom is -0.495 e. The van der Waals surface area contributed by atoms with E-state index in [4.69, 9.17) is 16.3 Å². The summed E-state index contributed by atoms with van der Waals surface area (Å²) in [5, 5.41) is 6.05. The molecule has 2 amide bonds. The van der Waals surface area contributed by atoms with E-state index in [9.17, 15) is 4.79 Å². The summed E-state index contributed by atoms with van der Waals surface area (Å²) < 4.78 is 5.21. The molecule has 3 aromatic rings. The zero-order chi connectivity index (χ0) is 18.4. The number of benzene rings is 1. The highest BCUT2D eigenvalue weighted by Gasteiger charge is 2.08. The fourth-order valence-corrected chi connectivity index (χ4v) is 2.56. The number of carbonyl (C=O) groups excluding carboxylic acids is 1. The first kappa shape index (κ1) is 17.7. The van der Waals surface area contributed by atoms with Gasteiger partial charge >= 0.3 is 6.03 Å². The lowest BCUT2D eigenvalue weighted by Crippen LogP contribution is -2.28. The highest BCUT2D eigenvalue weighted by Crippen LogP contribution is 2.27. The lowest BCUT2D eigenvalue weighted by atomic mass is 10.1. The number of pyridine rings is 2. The van der Waals surface area contributed by atoms with E-state index >= 15 is 0 Å². The number of urea groups is 1. The third kappa shape index (κ3) is 4.49. The van der Waals surface area contributed by atoms with Crippen molar-refractivity contribution in [3.63, 3.8) is 0 Å². The third-order valence-corrected chi connectivity index (χ3v) is 3.90. The number of aromatic nitrogens is 2. The van der Waals surface area contributed by atoms with Crippen molar-refractivity contribution in [2.24, 2.45) is 0 Å². The second kappa shape index (κ2) is 8.31. The van der Waals surface area contributed by atoms with E-state index in [0.29, 0.717) is 23.0 Å². The lowest BCUT2D eigenvalue weighted by Gasteiger charge is -2.12. The van der Waals surface area contributed by atoms with Gasteiger partial charge in [0.1, 0.15) is 5.75 Å². The SMILES string of the molecule is COc1ccc(Cl)cc1NC(=O)NCc1ccnc(-c2ccncc2)c1. The number of ether oxygens (including phenoxy) is 1. The molecule has 0 unspecified atom stereocenters. The van der Waals surface area contributed by atoms with Crippen molar-refractivity contribution < 1.29 is 9.53 Å². The summed E-state index contributed by atoms with van der Waals surface area (Å²) in [5.41, 5.74) is 3.23. The highest BCUT2D eigenvalue weighted by molar-refractivity contribution is 6.31. The van der Waals surface area contributed by atoms with Gasteiger partial charge in [0.2, 0.25) is 0 Å². The number of halogens is 1. The Labute approximate surface area is 156 Å². The molecule has 3 rings (SSSR count). The maximum Gasteiger partial charge on any atom is 0.319 e. The molecule has 2 heterocycles. The van der Waals surface area contributed by atoms with Crippen LogP contribution in [0.4, 0.5) is 10.5 Å². The van der Waals surface area contributed by atoms with Crippen molar-refractivity contribution in [3.05, 3.63) is 71.6 Å². The zero-order valence-corrected chi connectivity index (χ0v) is 14.8. The maximum absolute atomic E-state index is 12.2. The van der Waals surface area contributed by atoms with Crippen LogP contribution >= 0.6 is 11.6 Å². The molecule has 0 saturated carbocycles. The van der Waals surface area contributed by atoms with Crippen LogP contribution in [-0.4, -0.2) is 23.1 Å². The van der Waals surface area contributed by atoms with Crippen molar-refractivity contribution in [3.8, 4) is 17.0 Å². The van der Waals surface area contributed by atoms with Crippen LogP contribution in [0.5, 0.6) is 5.75 Å². The predicted molar refractivity (Wildman–Crippen MR) is 101 cm³/mol. The molecular weight excluding hydrogens is 352 g/mol. The Bertz CT molecular complexity index is 903. The van der Waals surface area contributed by atoms with E-state index in [-0.39, 0.29) is 6.03 Å². The quantitative estimate of drug-likeness (QED) is 0.710. The molecule has 7 heteroatoms. The number of methoxy groups -OCH3 is 1. The molecule has 0 atom stereocenters. The minimum atomic E-state index is -0.354. The summed E-state index contributed by atoms with van der Waals surface area (Å²) in [4.78, 5) is 20.5. The molecule has 0 aliphatic heterocycles. The Hall–Kier alpha value is -3.12. The fraction of sp³-hybridized carbons (Fsp3) is 0.105. The van der Waals surface area contributed by atoms with Gasteiger partial charge in [-0.2, -0.15) is 0 Å². The maximum atomic E-state index is 12.2. The van der Waals surface area contributed by atoms with E-state index in [1.165, 1.54) is 7.11 Å². The standard InChI is InChI=1S/C19H17ClN4O2/c1-26-18-3-2-15(20)11-17(18)24-19(25)23-12-13-4-9-22-16(10-13)14-5-7-21-8-6-14/h2-11H,12H2,1H3,(H2,23,24,25). The Morgan fingerprint density at radius 1 is 1.12 bits per heavy atom. The van der Waals surface area contributed by atoms with Crippen LogP contribution in [0.3, 0.4) is 0 Å².